The molecule has 0 radical (unpaired) electrons. The average Bonchev–Trinajstić information content (AvgIpc) is 3.20. The standard InChI is InChI=1S/C48H90NO7P/c1-3-5-7-9-11-13-15-17-19-20-21-22-23-24-25-26-27-28-29-31-33-35-37-39-41-48(50)56-47(46-55-57(51,52)54-44-42-49)45-53-43-40-38-36-34-32-30-18-16-14-12-10-8-6-4-2/h6,8,12,14,18,30,34,36,47H,3-5,7,9-11,13,15-17,19-29,31-33,35,37-46,49H2,1-2H3,(H,51,52)/b8-6-,14-12-,30-18-,36-34-. The topological polar surface area (TPSA) is 117 Å². The number of phosphoric acid groups is 1. The molecule has 9 heteroatoms. The summed E-state index contributed by atoms with van der Waals surface area (Å²) >= 11 is 0. The fraction of sp³-hybridized carbons (Fsp3) is 0.812. The summed E-state index contributed by atoms with van der Waals surface area (Å²) in [7, 11) is -4.29. The van der Waals surface area contributed by atoms with Crippen LogP contribution in [0.25, 0.3) is 0 Å². The maximum absolute atomic E-state index is 12.6. The van der Waals surface area contributed by atoms with E-state index in [-0.39, 0.29) is 32.3 Å². The van der Waals surface area contributed by atoms with Gasteiger partial charge >= 0.3 is 13.8 Å². The van der Waals surface area contributed by atoms with E-state index in [9.17, 15) is 14.3 Å². The van der Waals surface area contributed by atoms with Gasteiger partial charge in [0.05, 0.1) is 19.8 Å². The van der Waals surface area contributed by atoms with Crippen LogP contribution in [0.15, 0.2) is 48.6 Å². The van der Waals surface area contributed by atoms with Crippen molar-refractivity contribution in [1.82, 2.24) is 0 Å². The van der Waals surface area contributed by atoms with E-state index in [1.807, 2.05) is 0 Å². The quantitative estimate of drug-likeness (QED) is 0.0270. The zero-order chi connectivity index (χ0) is 41.6. The molecule has 0 aromatic rings. The van der Waals surface area contributed by atoms with Crippen LogP contribution in [0.4, 0.5) is 0 Å². The van der Waals surface area contributed by atoms with Crippen molar-refractivity contribution in [2.75, 3.05) is 33.0 Å². The van der Waals surface area contributed by atoms with E-state index in [0.717, 1.165) is 57.8 Å². The van der Waals surface area contributed by atoms with Crippen LogP contribution in [0.3, 0.4) is 0 Å². The van der Waals surface area contributed by atoms with Gasteiger partial charge < -0.3 is 20.1 Å². The van der Waals surface area contributed by atoms with Gasteiger partial charge in [-0.25, -0.2) is 4.57 Å². The van der Waals surface area contributed by atoms with Crippen LogP contribution in [-0.2, 0) is 27.9 Å². The Bertz CT molecular complexity index is 1010. The zero-order valence-corrected chi connectivity index (χ0v) is 38.0. The van der Waals surface area contributed by atoms with Crippen molar-refractivity contribution in [3.63, 3.8) is 0 Å². The van der Waals surface area contributed by atoms with Gasteiger partial charge in [0.1, 0.15) is 6.10 Å². The second-order valence-electron chi connectivity index (χ2n) is 15.6. The Morgan fingerprint density at radius 3 is 1.40 bits per heavy atom. The molecule has 0 aromatic carbocycles. The first-order valence-corrected chi connectivity index (χ1v) is 25.1. The van der Waals surface area contributed by atoms with Crippen LogP contribution in [-0.4, -0.2) is 49.9 Å². The lowest BCUT2D eigenvalue weighted by molar-refractivity contribution is -0.154. The minimum absolute atomic E-state index is 0.0796. The third kappa shape index (κ3) is 45.4. The first kappa shape index (κ1) is 55.5. The predicted octanol–water partition coefficient (Wildman–Crippen LogP) is 14.4. The fourth-order valence-corrected chi connectivity index (χ4v) is 7.36. The molecular formula is C48H90NO7P. The van der Waals surface area contributed by atoms with Crippen molar-refractivity contribution in [2.24, 2.45) is 5.73 Å². The molecule has 0 bridgehead atoms. The van der Waals surface area contributed by atoms with Gasteiger partial charge in [0.15, 0.2) is 0 Å². The molecule has 0 aromatic heterocycles. The predicted molar refractivity (Wildman–Crippen MR) is 243 cm³/mol. The molecule has 3 N–H and O–H groups in total. The van der Waals surface area contributed by atoms with Gasteiger partial charge in [0.2, 0.25) is 0 Å². The second-order valence-corrected chi connectivity index (χ2v) is 17.1. The van der Waals surface area contributed by atoms with Crippen LogP contribution in [0.5, 0.6) is 0 Å². The highest BCUT2D eigenvalue weighted by molar-refractivity contribution is 7.47. The summed E-state index contributed by atoms with van der Waals surface area (Å²) in [5.41, 5.74) is 5.37. The summed E-state index contributed by atoms with van der Waals surface area (Å²) in [5.74, 6) is -0.346. The molecule has 57 heavy (non-hydrogen) atoms. The van der Waals surface area contributed by atoms with Gasteiger partial charge in [-0.15, -0.1) is 0 Å². The zero-order valence-electron chi connectivity index (χ0n) is 37.1. The first-order valence-electron chi connectivity index (χ1n) is 23.6. The number of hydrogen-bond donors (Lipinski definition) is 2. The number of hydrogen-bond acceptors (Lipinski definition) is 7. The lowest BCUT2D eigenvalue weighted by Crippen LogP contribution is -2.28. The summed E-state index contributed by atoms with van der Waals surface area (Å²) in [4.78, 5) is 22.5. The van der Waals surface area contributed by atoms with Crippen LogP contribution >= 0.6 is 7.82 Å². The Balaban J connectivity index is 3.95. The van der Waals surface area contributed by atoms with E-state index >= 15 is 0 Å². The maximum Gasteiger partial charge on any atom is 0.472 e. The third-order valence-corrected chi connectivity index (χ3v) is 11.0. The summed E-state index contributed by atoms with van der Waals surface area (Å²) in [6.07, 6.45) is 54.5. The van der Waals surface area contributed by atoms with Gasteiger partial charge in [-0.3, -0.25) is 13.8 Å². The summed E-state index contributed by atoms with van der Waals surface area (Å²) in [6.45, 7) is 4.68. The minimum Gasteiger partial charge on any atom is -0.457 e. The van der Waals surface area contributed by atoms with Gasteiger partial charge in [-0.05, 0) is 44.9 Å². The summed E-state index contributed by atoms with van der Waals surface area (Å²) < 4.78 is 33.4. The lowest BCUT2D eigenvalue weighted by atomic mass is 10.0. The molecule has 0 saturated heterocycles. The third-order valence-electron chi connectivity index (χ3n) is 10.0. The lowest BCUT2D eigenvalue weighted by Gasteiger charge is -2.20. The van der Waals surface area contributed by atoms with Gasteiger partial charge in [0.25, 0.3) is 0 Å². The molecule has 0 rings (SSSR count). The van der Waals surface area contributed by atoms with E-state index in [4.69, 9.17) is 24.3 Å². The largest absolute Gasteiger partial charge is 0.472 e. The molecule has 0 aliphatic carbocycles. The van der Waals surface area contributed by atoms with Crippen molar-refractivity contribution in [1.29, 1.82) is 0 Å². The molecule has 8 nitrogen and oxygen atoms in total. The molecule has 0 aliphatic rings. The Hall–Kier alpha value is -1.54. The molecular weight excluding hydrogens is 734 g/mol. The van der Waals surface area contributed by atoms with Crippen LogP contribution in [0.2, 0.25) is 0 Å². The normalized spacial score (nSPS) is 13.8. The monoisotopic (exact) mass is 824 g/mol. The van der Waals surface area contributed by atoms with Gasteiger partial charge in [-0.1, -0.05) is 210 Å². The fourth-order valence-electron chi connectivity index (χ4n) is 6.59. The summed E-state index contributed by atoms with van der Waals surface area (Å²) in [5, 5.41) is 0. The minimum atomic E-state index is -4.29. The number of esters is 1. The van der Waals surface area contributed by atoms with E-state index in [0.29, 0.717) is 13.0 Å². The van der Waals surface area contributed by atoms with Crippen molar-refractivity contribution in [3.05, 3.63) is 48.6 Å². The van der Waals surface area contributed by atoms with Gasteiger partial charge in [-0.2, -0.15) is 0 Å². The molecule has 0 saturated carbocycles. The molecule has 0 fully saturated rings. The highest BCUT2D eigenvalue weighted by Gasteiger charge is 2.25. The van der Waals surface area contributed by atoms with Gasteiger partial charge in [0, 0.05) is 19.6 Å². The highest BCUT2D eigenvalue weighted by Crippen LogP contribution is 2.43. The number of ether oxygens (including phenoxy) is 2. The molecule has 0 spiro atoms. The number of phosphoric ester groups is 1. The first-order chi connectivity index (χ1) is 27.9. The molecule has 2 unspecified atom stereocenters. The molecule has 2 atom stereocenters. The number of carbonyl (C=O) groups is 1. The van der Waals surface area contributed by atoms with Crippen molar-refractivity contribution in [3.8, 4) is 0 Å². The average molecular weight is 824 g/mol. The molecule has 334 valence electrons. The number of carbonyl (C=O) groups excluding carboxylic acids is 1. The van der Waals surface area contributed by atoms with Crippen molar-refractivity contribution >= 4 is 13.8 Å². The Morgan fingerprint density at radius 1 is 0.544 bits per heavy atom. The van der Waals surface area contributed by atoms with Crippen LogP contribution < -0.4 is 5.73 Å². The van der Waals surface area contributed by atoms with E-state index in [1.165, 1.54) is 135 Å². The number of nitrogens with two attached hydrogens (primary N) is 1. The maximum atomic E-state index is 12.6. The van der Waals surface area contributed by atoms with Crippen LogP contribution in [0.1, 0.15) is 213 Å². The Labute approximate surface area is 351 Å². The Morgan fingerprint density at radius 2 is 0.965 bits per heavy atom. The van der Waals surface area contributed by atoms with Crippen molar-refractivity contribution < 1.29 is 32.8 Å². The molecule has 0 amide bonds. The number of unbranched alkanes of at least 4 members (excludes halogenated alkanes) is 24. The smallest absolute Gasteiger partial charge is 0.457 e. The SMILES string of the molecule is CC/C=C\C/C=C\C/C=C\C/C=C\CCCOCC(COP(=O)(O)OCCN)OC(=O)CCCCCCCCCCCCCCCCCCCCCCCCCC. The van der Waals surface area contributed by atoms with E-state index in [1.54, 1.807) is 0 Å². The van der Waals surface area contributed by atoms with Crippen LogP contribution in [0, 0.1) is 0 Å². The second kappa shape index (κ2) is 45.5. The number of rotatable bonds is 45. The van der Waals surface area contributed by atoms with E-state index < -0.39 is 13.9 Å². The molecule has 0 heterocycles. The summed E-state index contributed by atoms with van der Waals surface area (Å²) in [6, 6.07) is 0. The number of allylic oxidation sites excluding steroid dienone is 8. The highest BCUT2D eigenvalue weighted by atomic mass is 31.2. The van der Waals surface area contributed by atoms with Crippen molar-refractivity contribution in [2.45, 2.75) is 219 Å². The van der Waals surface area contributed by atoms with E-state index in [2.05, 4.69) is 62.5 Å². The molecule has 0 aliphatic heterocycles. The Kier molecular flexibility index (Phi) is 44.3.